The number of phenols is 1. The lowest BCUT2D eigenvalue weighted by Gasteiger charge is -2.03. The van der Waals surface area contributed by atoms with E-state index in [1.165, 1.54) is 0 Å². The molecule has 0 saturated heterocycles. The van der Waals surface area contributed by atoms with E-state index in [9.17, 15) is 5.11 Å². The molecule has 5 heteroatoms. The lowest BCUT2D eigenvalue weighted by molar-refractivity contribution is 0.474. The number of hydrogen-bond acceptors (Lipinski definition) is 4. The van der Waals surface area contributed by atoms with Crippen LogP contribution in [0.25, 0.3) is 0 Å². The van der Waals surface area contributed by atoms with E-state index in [4.69, 9.17) is 0 Å². The van der Waals surface area contributed by atoms with Gasteiger partial charge in [-0.1, -0.05) is 22.0 Å². The van der Waals surface area contributed by atoms with Gasteiger partial charge in [-0.15, -0.1) is 0 Å². The van der Waals surface area contributed by atoms with E-state index >= 15 is 0 Å². The molecule has 1 aromatic carbocycles. The summed E-state index contributed by atoms with van der Waals surface area (Å²) >= 11 is 3.41. The van der Waals surface area contributed by atoms with Crippen molar-refractivity contribution >= 4 is 28.0 Å². The third kappa shape index (κ3) is 3.07. The van der Waals surface area contributed by atoms with Crippen molar-refractivity contribution in [1.82, 2.24) is 4.98 Å². The maximum absolute atomic E-state index is 9.76. The molecule has 0 aliphatic rings. The Morgan fingerprint density at radius 3 is 2.94 bits per heavy atom. The van der Waals surface area contributed by atoms with Crippen molar-refractivity contribution in [2.45, 2.75) is 6.92 Å². The smallest absolute Gasteiger partial charge is 0.146 e. The quantitative estimate of drug-likeness (QED) is 0.675. The summed E-state index contributed by atoms with van der Waals surface area (Å²) in [5.41, 5.74) is 4.40. The molecule has 1 heterocycles. The zero-order chi connectivity index (χ0) is 13.0. The Kier molecular flexibility index (Phi) is 3.94. The second-order valence-corrected chi connectivity index (χ2v) is 4.60. The van der Waals surface area contributed by atoms with E-state index in [0.717, 1.165) is 10.0 Å². The van der Waals surface area contributed by atoms with Crippen LogP contribution in [-0.4, -0.2) is 16.3 Å². The van der Waals surface area contributed by atoms with Gasteiger partial charge in [-0.05, 0) is 36.8 Å². The predicted molar refractivity (Wildman–Crippen MR) is 76.0 cm³/mol. The summed E-state index contributed by atoms with van der Waals surface area (Å²) in [6.07, 6.45) is 3.23. The van der Waals surface area contributed by atoms with Crippen molar-refractivity contribution in [1.29, 1.82) is 0 Å². The lowest BCUT2D eigenvalue weighted by atomic mass is 10.1. The predicted octanol–water partition coefficient (Wildman–Crippen LogP) is 3.30. The molecule has 18 heavy (non-hydrogen) atoms. The number of nitrogens with one attached hydrogen (secondary N) is 1. The van der Waals surface area contributed by atoms with Crippen LogP contribution in [0.1, 0.15) is 11.1 Å². The minimum atomic E-state index is 0.197. The van der Waals surface area contributed by atoms with Crippen molar-refractivity contribution in [3.05, 3.63) is 52.1 Å². The fourth-order valence-electron chi connectivity index (χ4n) is 1.38. The monoisotopic (exact) mass is 305 g/mol. The minimum Gasteiger partial charge on any atom is -0.507 e. The zero-order valence-electron chi connectivity index (χ0n) is 9.76. The van der Waals surface area contributed by atoms with Crippen molar-refractivity contribution in [3.8, 4) is 5.75 Å². The normalized spacial score (nSPS) is 10.8. The summed E-state index contributed by atoms with van der Waals surface area (Å²) in [5.74, 6) is 0.849. The molecule has 0 spiro atoms. The van der Waals surface area contributed by atoms with Crippen molar-refractivity contribution < 1.29 is 5.11 Å². The van der Waals surface area contributed by atoms with Gasteiger partial charge < -0.3 is 5.11 Å². The van der Waals surface area contributed by atoms with Crippen molar-refractivity contribution in [2.75, 3.05) is 5.43 Å². The Morgan fingerprint density at radius 1 is 1.39 bits per heavy atom. The summed E-state index contributed by atoms with van der Waals surface area (Å²) in [5, 5.41) is 13.8. The Hall–Kier alpha value is -1.88. The molecule has 2 aromatic rings. The highest BCUT2D eigenvalue weighted by molar-refractivity contribution is 9.10. The average Bonchev–Trinajstić information content (AvgIpc) is 2.37. The summed E-state index contributed by atoms with van der Waals surface area (Å²) in [6.45, 7) is 1.91. The maximum atomic E-state index is 9.76. The molecule has 0 saturated carbocycles. The van der Waals surface area contributed by atoms with Gasteiger partial charge in [0.15, 0.2) is 0 Å². The van der Waals surface area contributed by atoms with Crippen LogP contribution in [-0.2, 0) is 0 Å². The second kappa shape index (κ2) is 5.64. The summed E-state index contributed by atoms with van der Waals surface area (Å²) in [4.78, 5) is 4.07. The molecule has 92 valence electrons. The van der Waals surface area contributed by atoms with Crippen LogP contribution in [0.15, 0.2) is 46.1 Å². The number of rotatable bonds is 3. The summed E-state index contributed by atoms with van der Waals surface area (Å²) in [7, 11) is 0. The number of benzene rings is 1. The molecule has 2 N–H and O–H groups in total. The van der Waals surface area contributed by atoms with Gasteiger partial charge in [0.2, 0.25) is 0 Å². The Labute approximate surface area is 114 Å². The van der Waals surface area contributed by atoms with Gasteiger partial charge in [0.05, 0.1) is 6.21 Å². The minimum absolute atomic E-state index is 0.197. The van der Waals surface area contributed by atoms with Crippen LogP contribution in [0, 0.1) is 6.92 Å². The van der Waals surface area contributed by atoms with Crippen molar-refractivity contribution in [3.63, 3.8) is 0 Å². The number of aromatic hydroxyl groups is 1. The molecule has 0 aliphatic heterocycles. The maximum Gasteiger partial charge on any atom is 0.146 e. The largest absolute Gasteiger partial charge is 0.507 e. The number of anilines is 1. The van der Waals surface area contributed by atoms with Crippen LogP contribution >= 0.6 is 15.9 Å². The van der Waals surface area contributed by atoms with Gasteiger partial charge in [0.1, 0.15) is 11.6 Å². The molecule has 0 radical (unpaired) electrons. The Morgan fingerprint density at radius 2 is 2.22 bits per heavy atom. The number of aryl methyl sites for hydroxylation is 1. The number of hydrazone groups is 1. The Balaban J connectivity index is 2.12. The first-order chi connectivity index (χ1) is 8.66. The molecule has 0 fully saturated rings. The van der Waals surface area contributed by atoms with E-state index in [0.29, 0.717) is 11.4 Å². The molecule has 0 unspecified atom stereocenters. The molecule has 4 nitrogen and oxygen atoms in total. The number of aromatic nitrogens is 1. The highest BCUT2D eigenvalue weighted by atomic mass is 79.9. The zero-order valence-corrected chi connectivity index (χ0v) is 11.3. The number of hydrogen-bond donors (Lipinski definition) is 2. The van der Waals surface area contributed by atoms with E-state index in [-0.39, 0.29) is 5.75 Å². The highest BCUT2D eigenvalue weighted by Crippen LogP contribution is 2.24. The molecule has 0 atom stereocenters. The van der Waals surface area contributed by atoms with Crippen LogP contribution in [0.4, 0.5) is 5.82 Å². The van der Waals surface area contributed by atoms with Gasteiger partial charge in [0, 0.05) is 16.2 Å². The first kappa shape index (κ1) is 12.6. The molecule has 2 rings (SSSR count). The van der Waals surface area contributed by atoms with Gasteiger partial charge in [0.25, 0.3) is 0 Å². The second-order valence-electron chi connectivity index (χ2n) is 3.75. The van der Waals surface area contributed by atoms with E-state index in [2.05, 4.69) is 31.4 Å². The van der Waals surface area contributed by atoms with Crippen LogP contribution < -0.4 is 5.43 Å². The number of phenolic OH excluding ortho intramolecular Hbond substituents is 1. The van der Waals surface area contributed by atoms with Gasteiger partial charge in [-0.25, -0.2) is 4.98 Å². The molecular weight excluding hydrogens is 294 g/mol. The fraction of sp³-hybridized carbons (Fsp3) is 0.0769. The average molecular weight is 306 g/mol. The van der Waals surface area contributed by atoms with Gasteiger partial charge in [-0.2, -0.15) is 5.10 Å². The SMILES string of the molecule is Cc1cc(O)c(/C=N/Nc2ccccn2)cc1Br. The Bertz CT molecular complexity index is 570. The first-order valence-corrected chi connectivity index (χ1v) is 6.15. The van der Waals surface area contributed by atoms with Gasteiger partial charge in [-0.3, -0.25) is 5.43 Å². The van der Waals surface area contributed by atoms with E-state index in [1.54, 1.807) is 18.5 Å². The molecule has 1 aromatic heterocycles. The number of pyridine rings is 1. The third-order valence-electron chi connectivity index (χ3n) is 2.36. The van der Waals surface area contributed by atoms with E-state index in [1.807, 2.05) is 31.2 Å². The molecule has 0 aliphatic carbocycles. The molecular formula is C13H12BrN3O. The number of nitrogens with zero attached hydrogens (tertiary/aromatic N) is 2. The molecule has 0 amide bonds. The molecule has 0 bridgehead atoms. The van der Waals surface area contributed by atoms with Crippen molar-refractivity contribution in [2.24, 2.45) is 5.10 Å². The fourth-order valence-corrected chi connectivity index (χ4v) is 1.74. The summed E-state index contributed by atoms with van der Waals surface area (Å²) < 4.78 is 0.930. The standard InChI is InChI=1S/C13H12BrN3O/c1-9-6-12(18)10(7-11(9)14)8-16-17-13-4-2-3-5-15-13/h2-8,18H,1H3,(H,15,17)/b16-8+. The van der Waals surface area contributed by atoms with Crippen LogP contribution in [0.3, 0.4) is 0 Å². The number of halogens is 1. The van der Waals surface area contributed by atoms with Gasteiger partial charge >= 0.3 is 0 Å². The first-order valence-electron chi connectivity index (χ1n) is 5.36. The lowest BCUT2D eigenvalue weighted by Crippen LogP contribution is -1.93. The highest BCUT2D eigenvalue weighted by Gasteiger charge is 2.02. The van der Waals surface area contributed by atoms with Crippen LogP contribution in [0.2, 0.25) is 0 Å². The topological polar surface area (TPSA) is 57.5 Å². The van der Waals surface area contributed by atoms with E-state index < -0.39 is 0 Å². The van der Waals surface area contributed by atoms with Crippen LogP contribution in [0.5, 0.6) is 5.75 Å². The summed E-state index contributed by atoms with van der Waals surface area (Å²) in [6, 6.07) is 9.01. The third-order valence-corrected chi connectivity index (χ3v) is 3.21.